The van der Waals surface area contributed by atoms with Crippen molar-refractivity contribution in [3.05, 3.63) is 30.3 Å². The number of carboxylic acids is 1. The number of carbonyl (C=O) groups is 1. The topological polar surface area (TPSA) is 83.5 Å². The van der Waals surface area contributed by atoms with Gasteiger partial charge in [-0.2, -0.15) is 0 Å². The Morgan fingerprint density at radius 1 is 1.33 bits per heavy atom. The fourth-order valence-electron chi connectivity index (χ4n) is 0.892. The van der Waals surface area contributed by atoms with Crippen molar-refractivity contribution in [2.45, 2.75) is 12.2 Å². The van der Waals surface area contributed by atoms with E-state index >= 15 is 0 Å². The highest BCUT2D eigenvalue weighted by atomic mass is 32.2. The van der Waals surface area contributed by atoms with E-state index in [1.165, 1.54) is 0 Å². The number of aliphatic carboxylic acids is 1. The van der Waals surface area contributed by atoms with E-state index in [0.717, 1.165) is 6.92 Å². The monoisotopic (exact) mass is 229 g/mol. The summed E-state index contributed by atoms with van der Waals surface area (Å²) < 4.78 is 25.1. The molecule has 5 nitrogen and oxygen atoms in total. The van der Waals surface area contributed by atoms with E-state index in [0.29, 0.717) is 5.69 Å². The second-order valence-corrected chi connectivity index (χ2v) is 4.99. The molecule has 0 saturated carbocycles. The molecule has 1 aromatic rings. The Morgan fingerprint density at radius 3 is 2.33 bits per heavy atom. The van der Waals surface area contributed by atoms with Crippen molar-refractivity contribution in [3.63, 3.8) is 0 Å². The van der Waals surface area contributed by atoms with Crippen LogP contribution in [0.4, 0.5) is 5.69 Å². The van der Waals surface area contributed by atoms with Crippen LogP contribution in [0.5, 0.6) is 0 Å². The van der Waals surface area contributed by atoms with Crippen LogP contribution >= 0.6 is 0 Å². The number of hydrogen-bond acceptors (Lipinski definition) is 3. The zero-order chi connectivity index (χ0) is 11.5. The minimum absolute atomic E-state index is 0.352. The van der Waals surface area contributed by atoms with Gasteiger partial charge >= 0.3 is 5.97 Å². The summed E-state index contributed by atoms with van der Waals surface area (Å²) in [6.45, 7) is 1.12. The number of benzene rings is 1. The normalized spacial score (nSPS) is 13.1. The van der Waals surface area contributed by atoms with Crippen LogP contribution < -0.4 is 4.72 Å². The predicted molar refractivity (Wildman–Crippen MR) is 56.1 cm³/mol. The molecular weight excluding hydrogens is 218 g/mol. The number of nitrogens with one attached hydrogen (secondary N) is 1. The molecule has 0 saturated heterocycles. The molecule has 0 fully saturated rings. The second-order valence-electron chi connectivity index (χ2n) is 2.99. The smallest absolute Gasteiger partial charge is 0.323 e. The highest BCUT2D eigenvalue weighted by Gasteiger charge is 2.27. The van der Waals surface area contributed by atoms with Crippen molar-refractivity contribution in [2.24, 2.45) is 0 Å². The lowest BCUT2D eigenvalue weighted by molar-refractivity contribution is -0.136. The Hall–Kier alpha value is -1.56. The molecule has 0 amide bonds. The fourth-order valence-corrected chi connectivity index (χ4v) is 1.80. The number of para-hydroxylation sites is 1. The summed E-state index contributed by atoms with van der Waals surface area (Å²) >= 11 is 0. The molecule has 0 radical (unpaired) electrons. The summed E-state index contributed by atoms with van der Waals surface area (Å²) in [5.41, 5.74) is 0.352. The summed E-state index contributed by atoms with van der Waals surface area (Å²) in [5.74, 6) is -1.38. The van der Waals surface area contributed by atoms with E-state index in [1.54, 1.807) is 30.3 Å². The standard InChI is InChI=1S/C9H11NO4S/c1-7(9(11)12)15(13,14)10-8-5-3-2-4-6-8/h2-7,10H,1H3,(H,11,12). The van der Waals surface area contributed by atoms with Crippen LogP contribution in [-0.4, -0.2) is 24.7 Å². The van der Waals surface area contributed by atoms with Crippen LogP contribution in [0.15, 0.2) is 30.3 Å². The first-order valence-electron chi connectivity index (χ1n) is 4.23. The zero-order valence-corrected chi connectivity index (χ0v) is 8.86. The third-order valence-electron chi connectivity index (χ3n) is 1.85. The Balaban J connectivity index is 2.87. The quantitative estimate of drug-likeness (QED) is 0.803. The van der Waals surface area contributed by atoms with Crippen molar-refractivity contribution < 1.29 is 18.3 Å². The van der Waals surface area contributed by atoms with Gasteiger partial charge in [0.05, 0.1) is 0 Å². The van der Waals surface area contributed by atoms with Crippen LogP contribution in [0.25, 0.3) is 0 Å². The number of carboxylic acid groups (broad SMARTS) is 1. The Bertz CT molecular complexity index is 440. The molecule has 0 aliphatic carbocycles. The molecule has 1 aromatic carbocycles. The van der Waals surface area contributed by atoms with Gasteiger partial charge < -0.3 is 5.11 Å². The van der Waals surface area contributed by atoms with Gasteiger partial charge in [-0.1, -0.05) is 18.2 Å². The fraction of sp³-hybridized carbons (Fsp3) is 0.222. The number of anilines is 1. The van der Waals surface area contributed by atoms with Gasteiger partial charge in [0.2, 0.25) is 10.0 Å². The van der Waals surface area contributed by atoms with E-state index in [9.17, 15) is 13.2 Å². The lowest BCUT2D eigenvalue weighted by Gasteiger charge is -2.10. The molecule has 0 aliphatic heterocycles. The molecule has 0 aliphatic rings. The molecule has 0 spiro atoms. The van der Waals surface area contributed by atoms with Gasteiger partial charge in [0.1, 0.15) is 0 Å². The van der Waals surface area contributed by atoms with Crippen molar-refractivity contribution in [1.29, 1.82) is 0 Å². The summed E-state index contributed by atoms with van der Waals surface area (Å²) in [7, 11) is -3.86. The third-order valence-corrected chi connectivity index (χ3v) is 3.50. The van der Waals surface area contributed by atoms with Crippen LogP contribution in [-0.2, 0) is 14.8 Å². The highest BCUT2D eigenvalue weighted by Crippen LogP contribution is 2.11. The minimum atomic E-state index is -3.86. The molecule has 2 N–H and O–H groups in total. The molecule has 15 heavy (non-hydrogen) atoms. The molecule has 0 heterocycles. The van der Waals surface area contributed by atoms with E-state index in [2.05, 4.69) is 4.72 Å². The van der Waals surface area contributed by atoms with Gasteiger partial charge in [0, 0.05) is 5.69 Å². The SMILES string of the molecule is CC(C(=O)O)S(=O)(=O)Nc1ccccc1. The van der Waals surface area contributed by atoms with Crippen LogP contribution in [0, 0.1) is 0 Å². The van der Waals surface area contributed by atoms with Gasteiger partial charge in [-0.25, -0.2) is 8.42 Å². The lowest BCUT2D eigenvalue weighted by Crippen LogP contribution is -2.32. The minimum Gasteiger partial charge on any atom is -0.480 e. The van der Waals surface area contributed by atoms with Crippen molar-refractivity contribution >= 4 is 21.7 Å². The summed E-state index contributed by atoms with van der Waals surface area (Å²) in [5, 5.41) is 7.10. The average Bonchev–Trinajstić information content (AvgIpc) is 2.17. The summed E-state index contributed by atoms with van der Waals surface area (Å²) in [6, 6.07) is 8.14. The second kappa shape index (κ2) is 4.31. The van der Waals surface area contributed by atoms with Crippen molar-refractivity contribution in [1.82, 2.24) is 0 Å². The Labute approximate surface area is 87.8 Å². The molecule has 1 unspecified atom stereocenters. The molecule has 1 rings (SSSR count). The molecule has 1 atom stereocenters. The number of hydrogen-bond donors (Lipinski definition) is 2. The largest absolute Gasteiger partial charge is 0.480 e. The maximum Gasteiger partial charge on any atom is 0.323 e. The van der Waals surface area contributed by atoms with Gasteiger partial charge in [0.25, 0.3) is 0 Å². The van der Waals surface area contributed by atoms with Crippen LogP contribution in [0.1, 0.15) is 6.92 Å². The maximum atomic E-state index is 11.4. The Morgan fingerprint density at radius 2 is 1.87 bits per heavy atom. The van der Waals surface area contributed by atoms with Crippen LogP contribution in [0.3, 0.4) is 0 Å². The zero-order valence-electron chi connectivity index (χ0n) is 8.04. The first kappa shape index (κ1) is 11.5. The third kappa shape index (κ3) is 2.95. The van der Waals surface area contributed by atoms with E-state index < -0.39 is 21.2 Å². The molecule has 6 heteroatoms. The van der Waals surface area contributed by atoms with Crippen molar-refractivity contribution in [3.8, 4) is 0 Å². The lowest BCUT2D eigenvalue weighted by atomic mass is 10.3. The molecule has 0 bridgehead atoms. The van der Waals surface area contributed by atoms with Gasteiger partial charge in [0.15, 0.2) is 5.25 Å². The Kier molecular flexibility index (Phi) is 3.31. The summed E-state index contributed by atoms with van der Waals surface area (Å²) in [4.78, 5) is 10.5. The van der Waals surface area contributed by atoms with E-state index in [4.69, 9.17) is 5.11 Å². The van der Waals surface area contributed by atoms with Crippen molar-refractivity contribution in [2.75, 3.05) is 4.72 Å². The number of rotatable bonds is 4. The molecule has 0 aromatic heterocycles. The van der Waals surface area contributed by atoms with E-state index in [1.807, 2.05) is 0 Å². The van der Waals surface area contributed by atoms with E-state index in [-0.39, 0.29) is 0 Å². The number of sulfonamides is 1. The van der Waals surface area contributed by atoms with Crippen LogP contribution in [0.2, 0.25) is 0 Å². The first-order chi connectivity index (χ1) is 6.93. The predicted octanol–water partition coefficient (Wildman–Crippen LogP) is 0.901. The van der Waals surface area contributed by atoms with Gasteiger partial charge in [-0.05, 0) is 19.1 Å². The van der Waals surface area contributed by atoms with Gasteiger partial charge in [-0.3, -0.25) is 9.52 Å². The maximum absolute atomic E-state index is 11.4. The average molecular weight is 229 g/mol. The first-order valence-corrected chi connectivity index (χ1v) is 5.77. The molecule has 82 valence electrons. The van der Waals surface area contributed by atoms with Gasteiger partial charge in [-0.15, -0.1) is 0 Å². The molecular formula is C9H11NO4S. The highest BCUT2D eigenvalue weighted by molar-refractivity contribution is 7.94. The summed E-state index contributed by atoms with van der Waals surface area (Å²) in [6.07, 6.45) is 0.